The second-order valence-electron chi connectivity index (χ2n) is 5.81. The van der Waals surface area contributed by atoms with E-state index < -0.39 is 11.7 Å². The van der Waals surface area contributed by atoms with Crippen molar-refractivity contribution >= 4 is 17.4 Å². The highest BCUT2D eigenvalue weighted by Gasteiger charge is 2.31. The third-order valence-electron chi connectivity index (χ3n) is 4.13. The van der Waals surface area contributed by atoms with Crippen molar-refractivity contribution in [2.75, 3.05) is 18.0 Å². The van der Waals surface area contributed by atoms with Crippen molar-refractivity contribution in [1.29, 1.82) is 0 Å². The van der Waals surface area contributed by atoms with Crippen LogP contribution in [0.5, 0.6) is 0 Å². The van der Waals surface area contributed by atoms with Gasteiger partial charge in [0.15, 0.2) is 0 Å². The first-order valence-corrected chi connectivity index (χ1v) is 8.06. The minimum absolute atomic E-state index is 0.255. The van der Waals surface area contributed by atoms with Gasteiger partial charge in [-0.2, -0.15) is 13.2 Å². The number of nitrogens with one attached hydrogen (secondary N) is 1. The summed E-state index contributed by atoms with van der Waals surface area (Å²) in [4.78, 5) is 5.94. The molecule has 128 valence electrons. The zero-order chi connectivity index (χ0) is 17.2. The maximum Gasteiger partial charge on any atom is 0.417 e. The van der Waals surface area contributed by atoms with Gasteiger partial charge in [-0.05, 0) is 30.2 Å². The van der Waals surface area contributed by atoms with Crippen LogP contribution in [0, 0.1) is 0 Å². The molecule has 3 rings (SSSR count). The highest BCUT2D eigenvalue weighted by atomic mass is 35.5. The standard InChI is InChI=1S/C17H17ClF3N3/c18-15-4-2-1-3-12(15)9-22-14-7-8-24(11-14)16-6-5-13(10-23-16)17(19,20)21/h1-6,10,14,22H,7-9,11H2. The van der Waals surface area contributed by atoms with Crippen molar-refractivity contribution in [3.63, 3.8) is 0 Å². The summed E-state index contributed by atoms with van der Waals surface area (Å²) in [5.74, 6) is 0.574. The van der Waals surface area contributed by atoms with Crippen LogP contribution in [0.25, 0.3) is 0 Å². The average Bonchev–Trinajstić information content (AvgIpc) is 3.02. The average molecular weight is 356 g/mol. The molecule has 2 aromatic rings. The number of aromatic nitrogens is 1. The summed E-state index contributed by atoms with van der Waals surface area (Å²) in [6.45, 7) is 2.14. The van der Waals surface area contributed by atoms with Crippen LogP contribution in [-0.4, -0.2) is 24.1 Å². The fourth-order valence-electron chi connectivity index (χ4n) is 2.77. The highest BCUT2D eigenvalue weighted by Crippen LogP contribution is 2.30. The topological polar surface area (TPSA) is 28.2 Å². The smallest absolute Gasteiger partial charge is 0.355 e. The van der Waals surface area contributed by atoms with Gasteiger partial charge in [-0.1, -0.05) is 29.8 Å². The molecule has 1 aromatic carbocycles. The summed E-state index contributed by atoms with van der Waals surface area (Å²) >= 11 is 6.13. The number of pyridine rings is 1. The van der Waals surface area contributed by atoms with Crippen molar-refractivity contribution in [3.05, 3.63) is 58.7 Å². The van der Waals surface area contributed by atoms with Crippen LogP contribution in [0.2, 0.25) is 5.02 Å². The lowest BCUT2D eigenvalue weighted by Gasteiger charge is -2.18. The van der Waals surface area contributed by atoms with Crippen molar-refractivity contribution < 1.29 is 13.2 Å². The molecule has 0 radical (unpaired) electrons. The molecule has 0 bridgehead atoms. The first-order chi connectivity index (χ1) is 11.4. The Morgan fingerprint density at radius 3 is 2.67 bits per heavy atom. The van der Waals surface area contributed by atoms with Gasteiger partial charge in [0.25, 0.3) is 0 Å². The second kappa shape index (κ2) is 6.99. The van der Waals surface area contributed by atoms with E-state index in [0.29, 0.717) is 18.9 Å². The van der Waals surface area contributed by atoms with E-state index in [9.17, 15) is 13.2 Å². The normalized spacial score (nSPS) is 18.2. The number of hydrogen-bond donors (Lipinski definition) is 1. The number of alkyl halides is 3. The monoisotopic (exact) mass is 355 g/mol. The SMILES string of the molecule is FC(F)(F)c1ccc(N2CCC(NCc3ccccc3Cl)C2)nc1. The lowest BCUT2D eigenvalue weighted by molar-refractivity contribution is -0.137. The van der Waals surface area contributed by atoms with Crippen LogP contribution in [0.15, 0.2) is 42.6 Å². The molecule has 2 heterocycles. The van der Waals surface area contributed by atoms with Crippen LogP contribution in [-0.2, 0) is 12.7 Å². The molecule has 1 atom stereocenters. The predicted octanol–water partition coefficient (Wildman–Crippen LogP) is 4.12. The van der Waals surface area contributed by atoms with Gasteiger partial charge in [0.05, 0.1) is 5.56 Å². The van der Waals surface area contributed by atoms with E-state index in [1.807, 2.05) is 29.2 Å². The van der Waals surface area contributed by atoms with E-state index in [0.717, 1.165) is 35.8 Å². The van der Waals surface area contributed by atoms with Gasteiger partial charge in [-0.25, -0.2) is 4.98 Å². The molecule has 1 aliphatic heterocycles. The summed E-state index contributed by atoms with van der Waals surface area (Å²) in [5, 5.41) is 4.17. The van der Waals surface area contributed by atoms with E-state index in [1.54, 1.807) is 0 Å². The predicted molar refractivity (Wildman–Crippen MR) is 88.1 cm³/mol. The van der Waals surface area contributed by atoms with Crippen LogP contribution in [0.3, 0.4) is 0 Å². The van der Waals surface area contributed by atoms with E-state index >= 15 is 0 Å². The molecule has 1 N–H and O–H groups in total. The van der Waals surface area contributed by atoms with E-state index in [2.05, 4.69) is 10.3 Å². The lowest BCUT2D eigenvalue weighted by atomic mass is 10.2. The van der Waals surface area contributed by atoms with Gasteiger partial charge in [-0.3, -0.25) is 0 Å². The number of hydrogen-bond acceptors (Lipinski definition) is 3. The number of benzene rings is 1. The Morgan fingerprint density at radius 2 is 2.00 bits per heavy atom. The van der Waals surface area contributed by atoms with Crippen molar-refractivity contribution in [2.24, 2.45) is 0 Å². The number of nitrogens with zero attached hydrogens (tertiary/aromatic N) is 2. The van der Waals surface area contributed by atoms with E-state index in [4.69, 9.17) is 11.6 Å². The number of rotatable bonds is 4. The maximum atomic E-state index is 12.6. The molecular formula is C17H17ClF3N3. The first kappa shape index (κ1) is 17.0. The van der Waals surface area contributed by atoms with Gasteiger partial charge in [0.2, 0.25) is 0 Å². The quantitative estimate of drug-likeness (QED) is 0.894. The Labute approximate surface area is 143 Å². The third kappa shape index (κ3) is 3.99. The van der Waals surface area contributed by atoms with Crippen molar-refractivity contribution in [1.82, 2.24) is 10.3 Å². The van der Waals surface area contributed by atoms with Gasteiger partial charge in [0.1, 0.15) is 5.82 Å². The van der Waals surface area contributed by atoms with Gasteiger partial charge in [-0.15, -0.1) is 0 Å². The fourth-order valence-corrected chi connectivity index (χ4v) is 2.97. The fraction of sp³-hybridized carbons (Fsp3) is 0.353. The van der Waals surface area contributed by atoms with Crippen LogP contribution < -0.4 is 10.2 Å². The zero-order valence-corrected chi connectivity index (χ0v) is 13.6. The van der Waals surface area contributed by atoms with Gasteiger partial charge < -0.3 is 10.2 Å². The van der Waals surface area contributed by atoms with Crippen LogP contribution >= 0.6 is 11.6 Å². The molecule has 0 aliphatic carbocycles. The summed E-state index contributed by atoms with van der Waals surface area (Å²) in [6.07, 6.45) is -2.55. The molecular weight excluding hydrogens is 339 g/mol. The summed E-state index contributed by atoms with van der Waals surface area (Å²) in [7, 11) is 0. The molecule has 1 aromatic heterocycles. The Hall–Kier alpha value is -1.79. The molecule has 1 unspecified atom stereocenters. The Bertz CT molecular complexity index is 688. The van der Waals surface area contributed by atoms with Crippen molar-refractivity contribution in [3.8, 4) is 0 Å². The lowest BCUT2D eigenvalue weighted by Crippen LogP contribution is -2.32. The molecule has 24 heavy (non-hydrogen) atoms. The first-order valence-electron chi connectivity index (χ1n) is 7.68. The van der Waals surface area contributed by atoms with E-state index in [-0.39, 0.29) is 6.04 Å². The maximum absolute atomic E-state index is 12.6. The second-order valence-corrected chi connectivity index (χ2v) is 6.21. The number of anilines is 1. The summed E-state index contributed by atoms with van der Waals surface area (Å²) < 4.78 is 37.7. The summed E-state index contributed by atoms with van der Waals surface area (Å²) in [5.41, 5.74) is 0.309. The molecule has 0 spiro atoms. The minimum atomic E-state index is -4.35. The van der Waals surface area contributed by atoms with Crippen LogP contribution in [0.4, 0.5) is 19.0 Å². The molecule has 3 nitrogen and oxygen atoms in total. The van der Waals surface area contributed by atoms with Gasteiger partial charge >= 0.3 is 6.18 Å². The molecule has 0 saturated carbocycles. The molecule has 1 aliphatic rings. The van der Waals surface area contributed by atoms with Crippen LogP contribution in [0.1, 0.15) is 17.5 Å². The van der Waals surface area contributed by atoms with E-state index in [1.165, 1.54) is 6.07 Å². The largest absolute Gasteiger partial charge is 0.417 e. The zero-order valence-electron chi connectivity index (χ0n) is 12.9. The Morgan fingerprint density at radius 1 is 1.21 bits per heavy atom. The summed E-state index contributed by atoms with van der Waals surface area (Å²) in [6, 6.07) is 10.4. The highest BCUT2D eigenvalue weighted by molar-refractivity contribution is 6.31. The Balaban J connectivity index is 1.56. The Kier molecular flexibility index (Phi) is 4.96. The molecule has 0 amide bonds. The third-order valence-corrected chi connectivity index (χ3v) is 4.50. The number of halogens is 4. The molecule has 1 fully saturated rings. The molecule has 7 heteroatoms. The molecule has 1 saturated heterocycles. The minimum Gasteiger partial charge on any atom is -0.355 e. The van der Waals surface area contributed by atoms with Crippen molar-refractivity contribution in [2.45, 2.75) is 25.2 Å². The van der Waals surface area contributed by atoms with Gasteiger partial charge in [0, 0.05) is 36.9 Å².